The Hall–Kier alpha value is -0.530. The Bertz CT molecular complexity index is 323. The van der Waals surface area contributed by atoms with Crippen LogP contribution in [0.1, 0.15) is 39.0 Å². The molecule has 0 atom stereocenters. The maximum absolute atomic E-state index is 12.1. The number of hydrogen-bond donors (Lipinski definition) is 0. The van der Waals surface area contributed by atoms with Gasteiger partial charge in [0.15, 0.2) is 0 Å². The molecule has 0 heterocycles. The molecule has 1 saturated carbocycles. The molecule has 0 aromatic heterocycles. The lowest BCUT2D eigenvalue weighted by Crippen LogP contribution is -2.38. The summed E-state index contributed by atoms with van der Waals surface area (Å²) in [5, 5.41) is -0.183. The van der Waals surface area contributed by atoms with E-state index in [1.54, 1.807) is 0 Å². The highest BCUT2D eigenvalue weighted by molar-refractivity contribution is 7.89. The van der Waals surface area contributed by atoms with Crippen LogP contribution in [-0.4, -0.2) is 31.1 Å². The Morgan fingerprint density at radius 3 is 2.47 bits per heavy atom. The molecule has 0 aromatic carbocycles. The Labute approximate surface area is 92.9 Å². The first-order valence-corrected chi connectivity index (χ1v) is 7.05. The van der Waals surface area contributed by atoms with Crippen molar-refractivity contribution in [1.82, 2.24) is 4.31 Å². The van der Waals surface area contributed by atoms with E-state index in [9.17, 15) is 8.42 Å². The minimum Gasteiger partial charge on any atom is -0.212 e. The highest BCUT2D eigenvalue weighted by atomic mass is 32.2. The lowest BCUT2D eigenvalue weighted by atomic mass is 10.4. The van der Waals surface area contributed by atoms with E-state index in [-0.39, 0.29) is 11.8 Å². The molecule has 0 N–H and O–H groups in total. The van der Waals surface area contributed by atoms with Gasteiger partial charge >= 0.3 is 0 Å². The topological polar surface area (TPSA) is 37.4 Å². The zero-order chi connectivity index (χ0) is 11.3. The molecular weight excluding hydrogens is 210 g/mol. The van der Waals surface area contributed by atoms with Gasteiger partial charge in [-0.05, 0) is 19.3 Å². The number of terminal acetylenes is 1. The first-order chi connectivity index (χ1) is 7.12. The van der Waals surface area contributed by atoms with Gasteiger partial charge < -0.3 is 0 Å². The fourth-order valence-corrected chi connectivity index (χ4v) is 4.09. The molecule has 1 aliphatic rings. The second kappa shape index (κ2) is 5.53. The van der Waals surface area contributed by atoms with Crippen LogP contribution >= 0.6 is 0 Å². The quantitative estimate of drug-likeness (QED) is 0.672. The second-order valence-electron chi connectivity index (χ2n) is 3.99. The molecule has 4 heteroatoms. The normalized spacial score (nSPS) is 18.2. The van der Waals surface area contributed by atoms with Crippen LogP contribution in [0.2, 0.25) is 0 Å². The lowest BCUT2D eigenvalue weighted by molar-refractivity contribution is 0.435. The summed E-state index contributed by atoms with van der Waals surface area (Å²) in [4.78, 5) is 0. The fourth-order valence-electron chi connectivity index (χ4n) is 2.04. The van der Waals surface area contributed by atoms with Crippen molar-refractivity contribution in [3.8, 4) is 12.3 Å². The SMILES string of the molecule is C#CCN(CCC)S(=O)(=O)C1CCCC1. The first-order valence-electron chi connectivity index (χ1n) is 5.55. The largest absolute Gasteiger partial charge is 0.217 e. The molecule has 86 valence electrons. The van der Waals surface area contributed by atoms with Crippen LogP contribution in [0.5, 0.6) is 0 Å². The molecule has 1 fully saturated rings. The standard InChI is InChI=1S/C11H19NO2S/c1-3-9-12(10-4-2)15(13,14)11-7-5-6-8-11/h1,11H,4-10H2,2H3. The van der Waals surface area contributed by atoms with Crippen LogP contribution in [0.15, 0.2) is 0 Å². The summed E-state index contributed by atoms with van der Waals surface area (Å²) in [6, 6.07) is 0. The maximum Gasteiger partial charge on any atom is 0.217 e. The van der Waals surface area contributed by atoms with Gasteiger partial charge in [0.2, 0.25) is 10.0 Å². The van der Waals surface area contributed by atoms with Crippen LogP contribution in [0.3, 0.4) is 0 Å². The van der Waals surface area contributed by atoms with E-state index >= 15 is 0 Å². The number of rotatable bonds is 5. The second-order valence-corrected chi connectivity index (χ2v) is 6.20. The number of sulfonamides is 1. The predicted molar refractivity (Wildman–Crippen MR) is 61.9 cm³/mol. The highest BCUT2D eigenvalue weighted by Crippen LogP contribution is 2.26. The summed E-state index contributed by atoms with van der Waals surface area (Å²) in [6.45, 7) is 2.73. The minimum absolute atomic E-state index is 0.183. The summed E-state index contributed by atoms with van der Waals surface area (Å²) < 4.78 is 25.7. The van der Waals surface area contributed by atoms with E-state index in [0.717, 1.165) is 32.1 Å². The first kappa shape index (κ1) is 12.5. The van der Waals surface area contributed by atoms with Gasteiger partial charge in [0, 0.05) is 6.54 Å². The summed E-state index contributed by atoms with van der Waals surface area (Å²) in [6.07, 6.45) is 9.66. The molecule has 3 nitrogen and oxygen atoms in total. The van der Waals surface area contributed by atoms with Crippen LogP contribution in [0, 0.1) is 12.3 Å². The van der Waals surface area contributed by atoms with Crippen molar-refractivity contribution >= 4 is 10.0 Å². The molecule has 1 rings (SSSR count). The minimum atomic E-state index is -3.13. The average Bonchev–Trinajstić information content (AvgIpc) is 2.70. The summed E-state index contributed by atoms with van der Waals surface area (Å²) in [5.74, 6) is 2.43. The molecule has 0 saturated heterocycles. The third-order valence-corrected chi connectivity index (χ3v) is 5.17. The van der Waals surface area contributed by atoms with Crippen molar-refractivity contribution < 1.29 is 8.42 Å². The van der Waals surface area contributed by atoms with Crippen molar-refractivity contribution in [3.63, 3.8) is 0 Å². The Kier molecular flexibility index (Phi) is 4.62. The van der Waals surface area contributed by atoms with E-state index in [1.807, 2.05) is 6.92 Å². The molecule has 0 amide bonds. The smallest absolute Gasteiger partial charge is 0.212 e. The molecule has 0 unspecified atom stereocenters. The van der Waals surface area contributed by atoms with E-state index < -0.39 is 10.0 Å². The lowest BCUT2D eigenvalue weighted by Gasteiger charge is -2.23. The monoisotopic (exact) mass is 229 g/mol. The Balaban J connectivity index is 2.75. The van der Waals surface area contributed by atoms with E-state index in [2.05, 4.69) is 5.92 Å². The van der Waals surface area contributed by atoms with Gasteiger partial charge in [0.25, 0.3) is 0 Å². The van der Waals surface area contributed by atoms with Crippen molar-refractivity contribution in [3.05, 3.63) is 0 Å². The van der Waals surface area contributed by atoms with Gasteiger partial charge in [-0.2, -0.15) is 4.31 Å². The molecule has 0 aliphatic heterocycles. The fraction of sp³-hybridized carbons (Fsp3) is 0.818. The molecule has 0 bridgehead atoms. The van der Waals surface area contributed by atoms with Crippen LogP contribution in [-0.2, 0) is 10.0 Å². The summed E-state index contributed by atoms with van der Waals surface area (Å²) >= 11 is 0. The molecular formula is C11H19NO2S. The maximum atomic E-state index is 12.1. The average molecular weight is 229 g/mol. The van der Waals surface area contributed by atoms with Gasteiger partial charge in [-0.15, -0.1) is 6.42 Å². The van der Waals surface area contributed by atoms with Crippen LogP contribution in [0.25, 0.3) is 0 Å². The predicted octanol–water partition coefficient (Wildman–Crippen LogP) is 1.60. The van der Waals surface area contributed by atoms with Crippen molar-refractivity contribution in [2.45, 2.75) is 44.3 Å². The Morgan fingerprint density at radius 1 is 1.40 bits per heavy atom. The highest BCUT2D eigenvalue weighted by Gasteiger charge is 2.33. The van der Waals surface area contributed by atoms with Crippen LogP contribution < -0.4 is 0 Å². The van der Waals surface area contributed by atoms with Gasteiger partial charge in [-0.3, -0.25) is 0 Å². The molecule has 0 spiro atoms. The van der Waals surface area contributed by atoms with Crippen molar-refractivity contribution in [2.24, 2.45) is 0 Å². The number of hydrogen-bond acceptors (Lipinski definition) is 2. The molecule has 0 aromatic rings. The third kappa shape index (κ3) is 2.96. The van der Waals surface area contributed by atoms with E-state index in [1.165, 1.54) is 4.31 Å². The van der Waals surface area contributed by atoms with Gasteiger partial charge in [-0.25, -0.2) is 8.42 Å². The summed E-state index contributed by atoms with van der Waals surface area (Å²) in [5.41, 5.74) is 0. The van der Waals surface area contributed by atoms with Crippen molar-refractivity contribution in [1.29, 1.82) is 0 Å². The number of nitrogens with zero attached hydrogens (tertiary/aromatic N) is 1. The van der Waals surface area contributed by atoms with Gasteiger partial charge in [-0.1, -0.05) is 25.7 Å². The molecule has 15 heavy (non-hydrogen) atoms. The zero-order valence-corrected chi connectivity index (χ0v) is 10.1. The summed E-state index contributed by atoms with van der Waals surface area (Å²) in [7, 11) is -3.13. The molecule has 1 aliphatic carbocycles. The molecule has 0 radical (unpaired) electrons. The van der Waals surface area contributed by atoms with Crippen molar-refractivity contribution in [2.75, 3.05) is 13.1 Å². The van der Waals surface area contributed by atoms with Gasteiger partial charge in [0.05, 0.1) is 11.8 Å². The third-order valence-electron chi connectivity index (χ3n) is 2.82. The van der Waals surface area contributed by atoms with Gasteiger partial charge in [0.1, 0.15) is 0 Å². The van der Waals surface area contributed by atoms with E-state index in [0.29, 0.717) is 6.54 Å². The Morgan fingerprint density at radius 2 is 2.00 bits per heavy atom. The van der Waals surface area contributed by atoms with E-state index in [4.69, 9.17) is 6.42 Å². The zero-order valence-electron chi connectivity index (χ0n) is 9.28. The van der Waals surface area contributed by atoms with Crippen LogP contribution in [0.4, 0.5) is 0 Å².